The van der Waals surface area contributed by atoms with Crippen LogP contribution < -0.4 is 5.32 Å². The number of carbonyl (C=O) groups excluding carboxylic acids is 1. The minimum atomic E-state index is -4.25. The number of alkyl halides is 4. The summed E-state index contributed by atoms with van der Waals surface area (Å²) in [6.45, 7) is -2.15. The molecule has 1 amide bonds. The van der Waals surface area contributed by atoms with Crippen LogP contribution in [0.1, 0.15) is 5.82 Å². The summed E-state index contributed by atoms with van der Waals surface area (Å²) in [6, 6.07) is 0. The molecule has 0 radical (unpaired) electrons. The molecule has 102 valence electrons. The maximum atomic E-state index is 12.4. The number of H-pyrrole nitrogens is 1. The van der Waals surface area contributed by atoms with E-state index in [1.807, 2.05) is 0 Å². The van der Waals surface area contributed by atoms with Crippen molar-refractivity contribution in [3.8, 4) is 0 Å². The number of hydrogen-bond acceptors (Lipinski definition) is 3. The van der Waals surface area contributed by atoms with Crippen molar-refractivity contribution in [3.05, 3.63) is 18.2 Å². The zero-order chi connectivity index (χ0) is 13.6. The first-order chi connectivity index (χ1) is 8.42. The van der Waals surface area contributed by atoms with Crippen molar-refractivity contribution in [1.82, 2.24) is 15.3 Å². The molecule has 0 aliphatic carbocycles. The van der Waals surface area contributed by atoms with E-state index in [0.29, 0.717) is 5.82 Å². The monoisotopic (exact) mass is 269 g/mol. The number of carbonyl (C=O) groups is 1. The van der Waals surface area contributed by atoms with Gasteiger partial charge in [-0.05, 0) is 0 Å². The summed E-state index contributed by atoms with van der Waals surface area (Å²) in [5.74, 6) is -4.47. The lowest BCUT2D eigenvalue weighted by molar-refractivity contribution is -0.168. The fraction of sp³-hybridized carbons (Fsp3) is 0.556. The van der Waals surface area contributed by atoms with Crippen molar-refractivity contribution in [1.29, 1.82) is 0 Å². The third-order valence-electron chi connectivity index (χ3n) is 1.85. The number of hydrogen-bond donors (Lipinski definition) is 2. The van der Waals surface area contributed by atoms with Crippen LogP contribution >= 0.6 is 0 Å². The molecule has 5 nitrogen and oxygen atoms in total. The van der Waals surface area contributed by atoms with Gasteiger partial charge in [0.15, 0.2) is 0 Å². The van der Waals surface area contributed by atoms with Gasteiger partial charge in [0.25, 0.3) is 0 Å². The van der Waals surface area contributed by atoms with Crippen LogP contribution in [0.3, 0.4) is 0 Å². The number of imidazole rings is 1. The Labute approximate surface area is 99.5 Å². The number of aromatic nitrogens is 2. The molecule has 0 bridgehead atoms. The molecular weight excluding hydrogens is 258 g/mol. The van der Waals surface area contributed by atoms with Crippen LogP contribution in [-0.2, 0) is 16.1 Å². The molecule has 0 saturated heterocycles. The maximum Gasteiger partial charge on any atom is 0.330 e. The summed E-state index contributed by atoms with van der Waals surface area (Å²) >= 11 is 0. The van der Waals surface area contributed by atoms with Crippen molar-refractivity contribution in [3.63, 3.8) is 0 Å². The molecule has 9 heteroatoms. The van der Waals surface area contributed by atoms with Gasteiger partial charge in [-0.2, -0.15) is 8.78 Å². The Kier molecular flexibility index (Phi) is 5.08. The maximum absolute atomic E-state index is 12.4. The lowest BCUT2D eigenvalue weighted by atomic mass is 10.4. The van der Waals surface area contributed by atoms with E-state index in [1.165, 1.54) is 6.20 Å². The molecule has 1 rings (SSSR count). The molecule has 0 saturated carbocycles. The van der Waals surface area contributed by atoms with Crippen molar-refractivity contribution in [2.45, 2.75) is 18.9 Å². The van der Waals surface area contributed by atoms with E-state index in [9.17, 15) is 22.4 Å². The van der Waals surface area contributed by atoms with E-state index in [-0.39, 0.29) is 6.54 Å². The summed E-state index contributed by atoms with van der Waals surface area (Å²) in [5, 5.41) is 2.31. The fourth-order valence-electron chi connectivity index (χ4n) is 0.971. The average Bonchev–Trinajstić information content (AvgIpc) is 2.78. The normalized spacial score (nSPS) is 11.8. The molecule has 1 aromatic heterocycles. The van der Waals surface area contributed by atoms with Crippen molar-refractivity contribution < 1.29 is 27.1 Å². The Balaban J connectivity index is 2.18. The zero-order valence-electron chi connectivity index (χ0n) is 9.13. The molecule has 0 atom stereocenters. The van der Waals surface area contributed by atoms with E-state index < -0.39 is 31.5 Å². The Bertz CT molecular complexity index is 370. The van der Waals surface area contributed by atoms with Gasteiger partial charge in [0.2, 0.25) is 5.91 Å². The molecule has 0 spiro atoms. The Morgan fingerprint density at radius 3 is 2.83 bits per heavy atom. The molecule has 0 unspecified atom stereocenters. The van der Waals surface area contributed by atoms with E-state index in [0.717, 1.165) is 0 Å². The van der Waals surface area contributed by atoms with Crippen molar-refractivity contribution >= 4 is 5.91 Å². The molecule has 1 heterocycles. The number of ether oxygens (including phenoxy) is 1. The summed E-state index contributed by atoms with van der Waals surface area (Å²) in [7, 11) is 0. The van der Waals surface area contributed by atoms with E-state index in [1.54, 1.807) is 6.20 Å². The van der Waals surface area contributed by atoms with Crippen LogP contribution in [0.2, 0.25) is 0 Å². The zero-order valence-corrected chi connectivity index (χ0v) is 9.13. The lowest BCUT2D eigenvalue weighted by Gasteiger charge is -2.14. The highest BCUT2D eigenvalue weighted by Crippen LogP contribution is 2.22. The number of nitrogens with zero attached hydrogens (tertiary/aromatic N) is 1. The van der Waals surface area contributed by atoms with Gasteiger partial charge in [-0.1, -0.05) is 0 Å². The van der Waals surface area contributed by atoms with Gasteiger partial charge in [-0.3, -0.25) is 4.79 Å². The number of rotatable bonds is 7. The third kappa shape index (κ3) is 4.70. The van der Waals surface area contributed by atoms with Gasteiger partial charge in [-0.15, -0.1) is 0 Å². The minimum absolute atomic E-state index is 0.0699. The minimum Gasteiger partial charge on any atom is -0.365 e. The van der Waals surface area contributed by atoms with Gasteiger partial charge in [0, 0.05) is 12.4 Å². The second-order valence-corrected chi connectivity index (χ2v) is 3.37. The largest absolute Gasteiger partial charge is 0.365 e. The van der Waals surface area contributed by atoms with Crippen LogP contribution in [-0.4, -0.2) is 41.4 Å². The standard InChI is InChI=1S/C9H11F4N3O2/c10-8(11)9(12,13)5-18-4-7(17)16-3-6-14-1-2-15-6/h1-2,8H,3-5H2,(H,14,15)(H,16,17). The fourth-order valence-corrected chi connectivity index (χ4v) is 0.971. The smallest absolute Gasteiger partial charge is 0.330 e. The Morgan fingerprint density at radius 2 is 2.28 bits per heavy atom. The Hall–Kier alpha value is -1.64. The number of halogens is 4. The quantitative estimate of drug-likeness (QED) is 0.724. The predicted molar refractivity (Wildman–Crippen MR) is 52.2 cm³/mol. The molecular formula is C9H11F4N3O2. The summed E-state index contributed by atoms with van der Waals surface area (Å²) in [5.41, 5.74) is 0. The highest BCUT2D eigenvalue weighted by atomic mass is 19.3. The van der Waals surface area contributed by atoms with E-state index in [4.69, 9.17) is 0 Å². The van der Waals surface area contributed by atoms with Crippen LogP contribution in [0.5, 0.6) is 0 Å². The van der Waals surface area contributed by atoms with Gasteiger partial charge in [-0.25, -0.2) is 13.8 Å². The predicted octanol–water partition coefficient (Wildman–Crippen LogP) is 0.943. The van der Waals surface area contributed by atoms with Crippen molar-refractivity contribution in [2.75, 3.05) is 13.2 Å². The topological polar surface area (TPSA) is 67.0 Å². The second kappa shape index (κ2) is 6.34. The first-order valence-corrected chi connectivity index (χ1v) is 4.90. The molecule has 2 N–H and O–H groups in total. The van der Waals surface area contributed by atoms with Crippen LogP contribution in [0.15, 0.2) is 12.4 Å². The van der Waals surface area contributed by atoms with Gasteiger partial charge >= 0.3 is 12.3 Å². The number of nitrogens with one attached hydrogen (secondary N) is 2. The molecule has 1 aromatic rings. The van der Waals surface area contributed by atoms with E-state index in [2.05, 4.69) is 20.0 Å². The first-order valence-electron chi connectivity index (χ1n) is 4.90. The number of aromatic amines is 1. The number of amides is 1. The summed E-state index contributed by atoms with van der Waals surface area (Å²) in [6.07, 6.45) is -0.800. The van der Waals surface area contributed by atoms with Gasteiger partial charge in [0.1, 0.15) is 19.0 Å². The average molecular weight is 269 g/mol. The molecule has 18 heavy (non-hydrogen) atoms. The molecule has 0 fully saturated rings. The second-order valence-electron chi connectivity index (χ2n) is 3.37. The summed E-state index contributed by atoms with van der Waals surface area (Å²) < 4.78 is 52.4. The van der Waals surface area contributed by atoms with E-state index >= 15 is 0 Å². The molecule has 0 aliphatic rings. The Morgan fingerprint density at radius 1 is 1.56 bits per heavy atom. The molecule has 0 aromatic carbocycles. The SMILES string of the molecule is O=C(COCC(F)(F)C(F)F)NCc1ncc[nH]1. The van der Waals surface area contributed by atoms with Crippen molar-refractivity contribution in [2.24, 2.45) is 0 Å². The molecule has 0 aliphatic heterocycles. The third-order valence-corrected chi connectivity index (χ3v) is 1.85. The first kappa shape index (κ1) is 14.4. The van der Waals surface area contributed by atoms with Gasteiger partial charge in [0.05, 0.1) is 6.54 Å². The highest BCUT2D eigenvalue weighted by Gasteiger charge is 2.41. The highest BCUT2D eigenvalue weighted by molar-refractivity contribution is 5.77. The van der Waals surface area contributed by atoms with Crippen LogP contribution in [0, 0.1) is 0 Å². The van der Waals surface area contributed by atoms with Gasteiger partial charge < -0.3 is 15.0 Å². The summed E-state index contributed by atoms with van der Waals surface area (Å²) in [4.78, 5) is 17.6. The lowest BCUT2D eigenvalue weighted by Crippen LogP contribution is -2.35. The van der Waals surface area contributed by atoms with Crippen LogP contribution in [0.25, 0.3) is 0 Å². The van der Waals surface area contributed by atoms with Crippen LogP contribution in [0.4, 0.5) is 17.6 Å².